The van der Waals surface area contributed by atoms with Gasteiger partial charge in [0.15, 0.2) is 0 Å². The molecule has 7 heteroatoms. The highest BCUT2D eigenvalue weighted by Crippen LogP contribution is 2.27. The summed E-state index contributed by atoms with van der Waals surface area (Å²) in [5.41, 5.74) is 4.89. The molecule has 0 aliphatic carbocycles. The maximum absolute atomic E-state index is 13.1. The van der Waals surface area contributed by atoms with Gasteiger partial charge in [0, 0.05) is 52.7 Å². The molecule has 1 aromatic carbocycles. The van der Waals surface area contributed by atoms with Crippen LogP contribution >= 0.6 is 11.6 Å². The van der Waals surface area contributed by atoms with Crippen LogP contribution in [0.15, 0.2) is 55.0 Å². The van der Waals surface area contributed by atoms with E-state index in [0.717, 1.165) is 23.4 Å². The Hall–Kier alpha value is -3.25. The molecule has 0 aliphatic heterocycles. The molecule has 3 heterocycles. The normalized spacial score (nSPS) is 11.0. The molecule has 0 saturated heterocycles. The minimum atomic E-state index is -0.182. The Bertz CT molecular complexity index is 1190. The van der Waals surface area contributed by atoms with Crippen LogP contribution in [0.3, 0.4) is 0 Å². The molecule has 146 valence electrons. The Kier molecular flexibility index (Phi) is 5.27. The van der Waals surface area contributed by atoms with Gasteiger partial charge >= 0.3 is 0 Å². The fraction of sp³-hybridized carbons (Fsp3) is 0.182. The van der Waals surface area contributed by atoms with Gasteiger partial charge in [0.25, 0.3) is 5.91 Å². The number of hydrogen-bond donors (Lipinski definition) is 1. The van der Waals surface area contributed by atoms with Crippen LogP contribution in [0, 0.1) is 6.92 Å². The highest BCUT2D eigenvalue weighted by molar-refractivity contribution is 6.31. The van der Waals surface area contributed by atoms with Crippen molar-refractivity contribution in [2.75, 3.05) is 0 Å². The molecule has 0 bridgehead atoms. The number of halogens is 1. The lowest BCUT2D eigenvalue weighted by Gasteiger charge is -2.11. The first-order chi connectivity index (χ1) is 14.1. The van der Waals surface area contributed by atoms with Crippen molar-refractivity contribution in [2.45, 2.75) is 26.9 Å². The predicted octanol–water partition coefficient (Wildman–Crippen LogP) is 4.41. The van der Waals surface area contributed by atoms with Crippen molar-refractivity contribution in [3.05, 3.63) is 76.8 Å². The molecule has 4 rings (SSSR count). The van der Waals surface area contributed by atoms with Gasteiger partial charge in [0.05, 0.1) is 23.0 Å². The highest BCUT2D eigenvalue weighted by Gasteiger charge is 2.15. The number of nitrogens with one attached hydrogen (secondary N) is 1. The molecule has 0 spiro atoms. The second kappa shape index (κ2) is 8.01. The van der Waals surface area contributed by atoms with E-state index in [9.17, 15) is 4.79 Å². The van der Waals surface area contributed by atoms with E-state index >= 15 is 0 Å². The molecule has 0 unspecified atom stereocenters. The Morgan fingerprint density at radius 2 is 1.97 bits per heavy atom. The fourth-order valence-electron chi connectivity index (χ4n) is 3.30. The van der Waals surface area contributed by atoms with Crippen LogP contribution < -0.4 is 5.32 Å². The third-order valence-electron chi connectivity index (χ3n) is 4.94. The zero-order chi connectivity index (χ0) is 20.4. The third-order valence-corrected chi connectivity index (χ3v) is 5.17. The van der Waals surface area contributed by atoms with Gasteiger partial charge in [-0.25, -0.2) is 4.98 Å². The van der Waals surface area contributed by atoms with Crippen LogP contribution in [0.4, 0.5) is 0 Å². The van der Waals surface area contributed by atoms with Gasteiger partial charge in [-0.05, 0) is 50.2 Å². The molecular formula is C22H20ClN5O. The minimum Gasteiger partial charge on any atom is -0.348 e. The van der Waals surface area contributed by atoms with Gasteiger partial charge in [0.1, 0.15) is 0 Å². The van der Waals surface area contributed by atoms with Crippen molar-refractivity contribution in [1.82, 2.24) is 25.1 Å². The van der Waals surface area contributed by atoms with E-state index in [-0.39, 0.29) is 5.91 Å². The van der Waals surface area contributed by atoms with E-state index in [2.05, 4.69) is 15.4 Å². The van der Waals surface area contributed by atoms with E-state index in [4.69, 9.17) is 16.6 Å². The maximum Gasteiger partial charge on any atom is 0.252 e. The standard InChI is InChI=1S/C22H20ClN5O/c1-3-28-14(2)16(13-26-28)12-25-22(29)19-11-21(15-6-8-24-9-7-15)27-20-5-4-17(23)10-18(19)20/h4-11,13H,3,12H2,1-2H3,(H,25,29). The van der Waals surface area contributed by atoms with Crippen molar-refractivity contribution in [2.24, 2.45) is 0 Å². The van der Waals surface area contributed by atoms with Crippen LogP contribution in [0.1, 0.15) is 28.5 Å². The molecule has 0 fully saturated rings. The first-order valence-corrected chi connectivity index (χ1v) is 9.75. The molecule has 0 atom stereocenters. The lowest BCUT2D eigenvalue weighted by molar-refractivity contribution is 0.0952. The van der Waals surface area contributed by atoms with Crippen molar-refractivity contribution in [3.8, 4) is 11.3 Å². The van der Waals surface area contributed by atoms with Gasteiger partial charge in [-0.3, -0.25) is 14.5 Å². The zero-order valence-corrected chi connectivity index (χ0v) is 16.9. The number of nitrogens with zero attached hydrogens (tertiary/aromatic N) is 4. The van der Waals surface area contributed by atoms with Crippen molar-refractivity contribution >= 4 is 28.4 Å². The fourth-order valence-corrected chi connectivity index (χ4v) is 3.48. The largest absolute Gasteiger partial charge is 0.348 e. The quantitative estimate of drug-likeness (QED) is 0.534. The Morgan fingerprint density at radius 1 is 1.17 bits per heavy atom. The summed E-state index contributed by atoms with van der Waals surface area (Å²) < 4.78 is 1.91. The summed E-state index contributed by atoms with van der Waals surface area (Å²) in [6.45, 7) is 5.24. The van der Waals surface area contributed by atoms with E-state index in [0.29, 0.717) is 33.7 Å². The minimum absolute atomic E-state index is 0.182. The maximum atomic E-state index is 13.1. The SMILES string of the molecule is CCn1ncc(CNC(=O)c2cc(-c3ccncc3)nc3ccc(Cl)cc23)c1C. The summed E-state index contributed by atoms with van der Waals surface area (Å²) in [7, 11) is 0. The lowest BCUT2D eigenvalue weighted by atomic mass is 10.0. The van der Waals surface area contributed by atoms with Crippen LogP contribution in [-0.2, 0) is 13.1 Å². The van der Waals surface area contributed by atoms with Crippen molar-refractivity contribution in [1.29, 1.82) is 0 Å². The molecule has 29 heavy (non-hydrogen) atoms. The van der Waals surface area contributed by atoms with Crippen LogP contribution in [0.25, 0.3) is 22.2 Å². The smallest absolute Gasteiger partial charge is 0.252 e. The van der Waals surface area contributed by atoms with Gasteiger partial charge in [-0.15, -0.1) is 0 Å². The highest BCUT2D eigenvalue weighted by atomic mass is 35.5. The number of aryl methyl sites for hydroxylation is 1. The zero-order valence-electron chi connectivity index (χ0n) is 16.2. The van der Waals surface area contributed by atoms with E-state index < -0.39 is 0 Å². The molecular weight excluding hydrogens is 386 g/mol. The number of hydrogen-bond acceptors (Lipinski definition) is 4. The predicted molar refractivity (Wildman–Crippen MR) is 114 cm³/mol. The van der Waals surface area contributed by atoms with E-state index in [1.54, 1.807) is 36.8 Å². The van der Waals surface area contributed by atoms with Crippen molar-refractivity contribution < 1.29 is 4.79 Å². The number of fused-ring (bicyclic) bond motifs is 1. The Morgan fingerprint density at radius 3 is 2.69 bits per heavy atom. The summed E-state index contributed by atoms with van der Waals surface area (Å²) in [6, 6.07) is 10.9. The third kappa shape index (κ3) is 3.84. The summed E-state index contributed by atoms with van der Waals surface area (Å²) in [5, 5.41) is 8.62. The number of amides is 1. The summed E-state index contributed by atoms with van der Waals surface area (Å²) >= 11 is 6.19. The topological polar surface area (TPSA) is 72.7 Å². The lowest BCUT2D eigenvalue weighted by Crippen LogP contribution is -2.23. The van der Waals surface area contributed by atoms with Crippen LogP contribution in [0.2, 0.25) is 5.02 Å². The summed E-state index contributed by atoms with van der Waals surface area (Å²) in [5.74, 6) is -0.182. The molecule has 4 aromatic rings. The van der Waals surface area contributed by atoms with Crippen LogP contribution in [0.5, 0.6) is 0 Å². The first-order valence-electron chi connectivity index (χ1n) is 9.37. The molecule has 1 amide bonds. The molecule has 3 aromatic heterocycles. The molecule has 0 aliphatic rings. The van der Waals surface area contributed by atoms with Gasteiger partial charge < -0.3 is 5.32 Å². The summed E-state index contributed by atoms with van der Waals surface area (Å²) in [6.07, 6.45) is 5.21. The number of rotatable bonds is 5. The monoisotopic (exact) mass is 405 g/mol. The number of benzene rings is 1. The van der Waals surface area contributed by atoms with E-state index in [1.807, 2.05) is 36.7 Å². The molecule has 6 nitrogen and oxygen atoms in total. The van der Waals surface area contributed by atoms with Gasteiger partial charge in [0.2, 0.25) is 0 Å². The number of carbonyl (C=O) groups is 1. The average Bonchev–Trinajstić information content (AvgIpc) is 3.11. The first kappa shape index (κ1) is 19.1. The molecule has 0 radical (unpaired) electrons. The average molecular weight is 406 g/mol. The Labute approximate surface area is 173 Å². The molecule has 1 N–H and O–H groups in total. The second-order valence-electron chi connectivity index (χ2n) is 6.71. The Balaban J connectivity index is 1.71. The second-order valence-corrected chi connectivity index (χ2v) is 7.14. The number of pyridine rings is 2. The van der Waals surface area contributed by atoms with Crippen molar-refractivity contribution in [3.63, 3.8) is 0 Å². The van der Waals surface area contributed by atoms with Gasteiger partial charge in [-0.2, -0.15) is 5.10 Å². The van der Waals surface area contributed by atoms with Crippen LogP contribution in [-0.4, -0.2) is 25.7 Å². The summed E-state index contributed by atoms with van der Waals surface area (Å²) in [4.78, 5) is 21.8. The van der Waals surface area contributed by atoms with Gasteiger partial charge in [-0.1, -0.05) is 11.6 Å². The number of carbonyl (C=O) groups excluding carboxylic acids is 1. The number of aromatic nitrogens is 4. The molecule has 0 saturated carbocycles. The van der Waals surface area contributed by atoms with E-state index in [1.165, 1.54) is 0 Å².